The Morgan fingerprint density at radius 2 is 1.84 bits per heavy atom. The molecule has 31 heavy (non-hydrogen) atoms. The number of halogens is 6. The quantitative estimate of drug-likeness (QED) is 0.568. The highest BCUT2D eigenvalue weighted by Crippen LogP contribution is 2.33. The van der Waals surface area contributed by atoms with E-state index in [1.54, 1.807) is 0 Å². The zero-order valence-electron chi connectivity index (χ0n) is 15.7. The molecule has 0 aliphatic rings. The van der Waals surface area contributed by atoms with Crippen LogP contribution in [0, 0.1) is 5.82 Å². The Kier molecular flexibility index (Phi) is 6.18. The highest BCUT2D eigenvalue weighted by Gasteiger charge is 2.42. The summed E-state index contributed by atoms with van der Waals surface area (Å²) >= 11 is 0. The molecular formula is C19H14F6N4O2. The molecular weight excluding hydrogens is 430 g/mol. The van der Waals surface area contributed by atoms with Gasteiger partial charge in [-0.15, -0.1) is 5.10 Å². The molecule has 1 aromatic heterocycles. The number of alkyl halides is 5. The second-order valence-corrected chi connectivity index (χ2v) is 6.32. The first-order valence-corrected chi connectivity index (χ1v) is 8.70. The summed E-state index contributed by atoms with van der Waals surface area (Å²) in [4.78, 5) is 12.5. The zero-order valence-corrected chi connectivity index (χ0v) is 15.7. The molecule has 0 spiro atoms. The third kappa shape index (κ3) is 5.13. The molecule has 164 valence electrons. The summed E-state index contributed by atoms with van der Waals surface area (Å²) in [6.07, 6.45) is -5.03. The number of benzene rings is 2. The number of hydrogen-bond acceptors (Lipinski definition) is 4. The summed E-state index contributed by atoms with van der Waals surface area (Å²) in [5, 5.41) is 8.99. The third-order valence-electron chi connectivity index (χ3n) is 4.14. The van der Waals surface area contributed by atoms with Crippen LogP contribution in [-0.2, 0) is 6.18 Å². The topological polar surface area (TPSA) is 69.0 Å². The minimum absolute atomic E-state index is 0.179. The average Bonchev–Trinajstić information content (AvgIpc) is 3.13. The van der Waals surface area contributed by atoms with Gasteiger partial charge < -0.3 is 10.1 Å². The zero-order chi connectivity index (χ0) is 22.8. The van der Waals surface area contributed by atoms with Gasteiger partial charge in [0.15, 0.2) is 11.4 Å². The van der Waals surface area contributed by atoms with Crippen LogP contribution >= 0.6 is 0 Å². The summed E-state index contributed by atoms with van der Waals surface area (Å²) in [6.45, 7) is -1.63. The van der Waals surface area contributed by atoms with Gasteiger partial charge in [0.1, 0.15) is 11.6 Å². The normalized spacial score (nSPS) is 12.6. The first kappa shape index (κ1) is 22.1. The van der Waals surface area contributed by atoms with Crippen molar-refractivity contribution in [3.8, 4) is 11.4 Å². The lowest BCUT2D eigenvalue weighted by molar-refractivity contribution is -0.143. The van der Waals surface area contributed by atoms with Gasteiger partial charge in [0, 0.05) is 0 Å². The van der Waals surface area contributed by atoms with Gasteiger partial charge >= 0.3 is 12.8 Å². The molecule has 1 N–H and O–H groups in total. The molecule has 3 aromatic rings. The van der Waals surface area contributed by atoms with Crippen molar-refractivity contribution < 1.29 is 35.9 Å². The van der Waals surface area contributed by atoms with Crippen LogP contribution in [-0.4, -0.2) is 27.5 Å². The van der Waals surface area contributed by atoms with E-state index in [-0.39, 0.29) is 11.4 Å². The molecule has 2 aromatic carbocycles. The lowest BCUT2D eigenvalue weighted by atomic mass is 10.1. The fourth-order valence-corrected chi connectivity index (χ4v) is 2.79. The molecule has 6 nitrogen and oxygen atoms in total. The van der Waals surface area contributed by atoms with Crippen molar-refractivity contribution in [2.45, 2.75) is 25.8 Å². The van der Waals surface area contributed by atoms with Crippen molar-refractivity contribution >= 4 is 5.91 Å². The number of carbonyl (C=O) groups is 1. The molecule has 3 rings (SSSR count). The standard InChI is InChI=1S/C19H14F6N4O2/c1-10(11-4-2-7-14(8-11)31-18(21)22)26-17(30)15-16(19(23,24)25)29(28-27-15)13-6-3-5-12(20)9-13/h2-10,18H,1H3,(H,26,30). The fourth-order valence-electron chi connectivity index (χ4n) is 2.79. The van der Waals surface area contributed by atoms with E-state index in [9.17, 15) is 31.1 Å². The van der Waals surface area contributed by atoms with Crippen LogP contribution in [0.25, 0.3) is 5.69 Å². The van der Waals surface area contributed by atoms with Crippen molar-refractivity contribution in [3.63, 3.8) is 0 Å². The van der Waals surface area contributed by atoms with Crippen LogP contribution in [0.1, 0.15) is 34.7 Å². The maximum Gasteiger partial charge on any atom is 0.435 e. The van der Waals surface area contributed by atoms with E-state index in [0.29, 0.717) is 10.2 Å². The van der Waals surface area contributed by atoms with Gasteiger partial charge in [-0.2, -0.15) is 22.0 Å². The lowest BCUT2D eigenvalue weighted by Gasteiger charge is -2.16. The summed E-state index contributed by atoms with van der Waals surface area (Å²) in [5.74, 6) is -2.18. The molecule has 0 aliphatic carbocycles. The second-order valence-electron chi connectivity index (χ2n) is 6.32. The van der Waals surface area contributed by atoms with Gasteiger partial charge in [-0.1, -0.05) is 23.4 Å². The van der Waals surface area contributed by atoms with Crippen molar-refractivity contribution in [3.05, 3.63) is 71.3 Å². The van der Waals surface area contributed by atoms with Crippen molar-refractivity contribution in [2.24, 2.45) is 0 Å². The van der Waals surface area contributed by atoms with E-state index >= 15 is 0 Å². The first-order valence-electron chi connectivity index (χ1n) is 8.70. The predicted octanol–water partition coefficient (Wildman–Crippen LogP) is 4.52. The molecule has 1 atom stereocenters. The minimum Gasteiger partial charge on any atom is -0.435 e. The number of rotatable bonds is 6. The molecule has 0 saturated carbocycles. The van der Waals surface area contributed by atoms with Gasteiger partial charge in [0.25, 0.3) is 5.91 Å². The van der Waals surface area contributed by atoms with E-state index in [4.69, 9.17) is 0 Å². The highest BCUT2D eigenvalue weighted by molar-refractivity contribution is 5.93. The van der Waals surface area contributed by atoms with Crippen LogP contribution < -0.4 is 10.1 Å². The van der Waals surface area contributed by atoms with E-state index in [1.165, 1.54) is 43.3 Å². The minimum atomic E-state index is -5.03. The molecule has 1 heterocycles. The Balaban J connectivity index is 1.90. The molecule has 0 aliphatic heterocycles. The monoisotopic (exact) mass is 444 g/mol. The van der Waals surface area contributed by atoms with Crippen LogP contribution in [0.5, 0.6) is 5.75 Å². The number of aromatic nitrogens is 3. The van der Waals surface area contributed by atoms with Crippen molar-refractivity contribution in [2.75, 3.05) is 0 Å². The summed E-state index contributed by atoms with van der Waals surface area (Å²) < 4.78 is 83.7. The van der Waals surface area contributed by atoms with E-state index in [0.717, 1.165) is 12.1 Å². The van der Waals surface area contributed by atoms with Gasteiger partial charge in [0.2, 0.25) is 0 Å². The molecule has 0 bridgehead atoms. The molecule has 1 unspecified atom stereocenters. The smallest absolute Gasteiger partial charge is 0.435 e. The second kappa shape index (κ2) is 8.66. The van der Waals surface area contributed by atoms with Crippen LogP contribution in [0.2, 0.25) is 0 Å². The highest BCUT2D eigenvalue weighted by atomic mass is 19.4. The van der Waals surface area contributed by atoms with E-state index < -0.39 is 41.9 Å². The fraction of sp³-hybridized carbons (Fsp3) is 0.211. The van der Waals surface area contributed by atoms with Crippen LogP contribution in [0.15, 0.2) is 48.5 Å². The molecule has 1 amide bonds. The Labute approximate surface area is 171 Å². The molecule has 12 heteroatoms. The van der Waals surface area contributed by atoms with Crippen LogP contribution in [0.3, 0.4) is 0 Å². The van der Waals surface area contributed by atoms with Crippen LogP contribution in [0.4, 0.5) is 26.3 Å². The Hall–Kier alpha value is -3.57. The maximum atomic E-state index is 13.7. The summed E-state index contributed by atoms with van der Waals surface area (Å²) in [5.41, 5.74) is -2.48. The van der Waals surface area contributed by atoms with E-state index in [2.05, 4.69) is 20.4 Å². The number of hydrogen-bond donors (Lipinski definition) is 1. The first-order chi connectivity index (χ1) is 14.6. The Morgan fingerprint density at radius 3 is 2.48 bits per heavy atom. The number of amides is 1. The average molecular weight is 444 g/mol. The maximum absolute atomic E-state index is 13.7. The lowest BCUT2D eigenvalue weighted by Crippen LogP contribution is -2.29. The molecule has 0 fully saturated rings. The van der Waals surface area contributed by atoms with Crippen molar-refractivity contribution in [1.29, 1.82) is 0 Å². The Morgan fingerprint density at radius 1 is 1.13 bits per heavy atom. The predicted molar refractivity (Wildman–Crippen MR) is 95.3 cm³/mol. The summed E-state index contributed by atoms with van der Waals surface area (Å²) in [7, 11) is 0. The third-order valence-corrected chi connectivity index (χ3v) is 4.14. The Bertz CT molecular complexity index is 1080. The number of ether oxygens (including phenoxy) is 1. The largest absolute Gasteiger partial charge is 0.435 e. The van der Waals surface area contributed by atoms with Gasteiger partial charge in [0.05, 0.1) is 11.7 Å². The van der Waals surface area contributed by atoms with Gasteiger partial charge in [-0.3, -0.25) is 4.79 Å². The van der Waals surface area contributed by atoms with Crippen molar-refractivity contribution in [1.82, 2.24) is 20.3 Å². The van der Waals surface area contributed by atoms with Gasteiger partial charge in [-0.25, -0.2) is 9.07 Å². The molecule has 0 radical (unpaired) electrons. The summed E-state index contributed by atoms with van der Waals surface area (Å²) in [6, 6.07) is 8.65. The number of nitrogens with one attached hydrogen (secondary N) is 1. The van der Waals surface area contributed by atoms with Gasteiger partial charge in [-0.05, 0) is 42.8 Å². The van der Waals surface area contributed by atoms with E-state index in [1.807, 2.05) is 0 Å². The SMILES string of the molecule is CC(NC(=O)c1nnn(-c2cccc(F)c2)c1C(F)(F)F)c1cccc(OC(F)F)c1. The number of carbonyl (C=O) groups excluding carboxylic acids is 1. The molecule has 0 saturated heterocycles. The number of nitrogens with zero attached hydrogens (tertiary/aromatic N) is 3.